The van der Waals surface area contributed by atoms with Crippen molar-refractivity contribution in [3.05, 3.63) is 53.9 Å². The molecule has 4 nitrogen and oxygen atoms in total. The van der Waals surface area contributed by atoms with E-state index in [0.717, 1.165) is 23.1 Å². The lowest BCUT2D eigenvalue weighted by atomic mass is 10.1. The summed E-state index contributed by atoms with van der Waals surface area (Å²) in [6.45, 7) is 3.85. The molecule has 1 heterocycles. The molecule has 0 aliphatic heterocycles. The van der Waals surface area contributed by atoms with Gasteiger partial charge in [0.2, 0.25) is 0 Å². The summed E-state index contributed by atoms with van der Waals surface area (Å²) in [5.41, 5.74) is 10.5. The highest BCUT2D eigenvalue weighted by molar-refractivity contribution is 5.81. The van der Waals surface area contributed by atoms with Crippen molar-refractivity contribution in [2.75, 3.05) is 5.73 Å². The van der Waals surface area contributed by atoms with Gasteiger partial charge in [0.05, 0.1) is 11.0 Å². The van der Waals surface area contributed by atoms with Crippen LogP contribution < -0.4 is 5.73 Å². The van der Waals surface area contributed by atoms with Crippen LogP contribution in [-0.2, 0) is 6.42 Å². The Hall–Kier alpha value is -2.33. The number of benzene rings is 2. The van der Waals surface area contributed by atoms with Gasteiger partial charge in [-0.2, -0.15) is 0 Å². The Morgan fingerprint density at radius 2 is 2.05 bits per heavy atom. The number of hydrogen-bond acceptors (Lipinski definition) is 3. The first-order chi connectivity index (χ1) is 10.1. The number of nitrogens with zero attached hydrogens (tertiary/aromatic N) is 2. The van der Waals surface area contributed by atoms with Gasteiger partial charge in [0.1, 0.15) is 11.9 Å². The molecule has 0 aliphatic carbocycles. The van der Waals surface area contributed by atoms with Crippen molar-refractivity contribution in [1.82, 2.24) is 9.55 Å². The minimum Gasteiger partial charge on any atom is -0.399 e. The molecule has 0 bridgehead atoms. The lowest BCUT2D eigenvalue weighted by Crippen LogP contribution is -2.05. The van der Waals surface area contributed by atoms with Gasteiger partial charge in [0, 0.05) is 11.4 Å². The van der Waals surface area contributed by atoms with Gasteiger partial charge >= 0.3 is 0 Å². The average molecular weight is 281 g/mol. The molecule has 108 valence electrons. The Balaban J connectivity index is 2.30. The van der Waals surface area contributed by atoms with E-state index >= 15 is 0 Å². The molecular formula is C17H19N3O. The zero-order chi connectivity index (χ0) is 15.0. The number of nitrogen functional groups attached to an aromatic ring is 1. The molecule has 0 amide bonds. The highest BCUT2D eigenvalue weighted by Gasteiger charge is 2.16. The number of anilines is 1. The summed E-state index contributed by atoms with van der Waals surface area (Å²) < 4.78 is 2.00. The number of aliphatic hydroxyl groups is 1. The number of aromatic nitrogens is 2. The van der Waals surface area contributed by atoms with Gasteiger partial charge in [0.25, 0.3) is 0 Å². The first-order valence-electron chi connectivity index (χ1n) is 7.15. The van der Waals surface area contributed by atoms with Crippen molar-refractivity contribution in [2.45, 2.75) is 26.4 Å². The second-order valence-corrected chi connectivity index (χ2v) is 5.25. The summed E-state index contributed by atoms with van der Waals surface area (Å²) in [5, 5.41) is 10.0. The lowest BCUT2D eigenvalue weighted by Gasteiger charge is -2.12. The second kappa shape index (κ2) is 5.22. The topological polar surface area (TPSA) is 64.1 Å². The third kappa shape index (κ3) is 2.38. The Morgan fingerprint density at radius 3 is 2.76 bits per heavy atom. The van der Waals surface area contributed by atoms with E-state index in [2.05, 4.69) is 24.0 Å². The van der Waals surface area contributed by atoms with Crippen LogP contribution in [0.1, 0.15) is 31.3 Å². The normalized spacial score (nSPS) is 12.7. The van der Waals surface area contributed by atoms with E-state index in [4.69, 9.17) is 5.73 Å². The second-order valence-electron chi connectivity index (χ2n) is 5.25. The van der Waals surface area contributed by atoms with E-state index in [9.17, 15) is 5.11 Å². The van der Waals surface area contributed by atoms with Crippen molar-refractivity contribution in [2.24, 2.45) is 0 Å². The first-order valence-corrected chi connectivity index (χ1v) is 7.15. The smallest absolute Gasteiger partial charge is 0.143 e. The molecule has 21 heavy (non-hydrogen) atoms. The van der Waals surface area contributed by atoms with Crippen LogP contribution >= 0.6 is 0 Å². The summed E-state index contributed by atoms with van der Waals surface area (Å²) in [4.78, 5) is 4.54. The van der Waals surface area contributed by atoms with E-state index in [0.29, 0.717) is 11.5 Å². The molecule has 1 unspecified atom stereocenters. The van der Waals surface area contributed by atoms with Crippen molar-refractivity contribution < 1.29 is 5.11 Å². The summed E-state index contributed by atoms with van der Waals surface area (Å²) in [6, 6.07) is 13.9. The number of rotatable bonds is 3. The molecule has 3 rings (SSSR count). The van der Waals surface area contributed by atoms with Crippen LogP contribution in [0.15, 0.2) is 42.5 Å². The van der Waals surface area contributed by atoms with Gasteiger partial charge in [-0.15, -0.1) is 0 Å². The summed E-state index contributed by atoms with van der Waals surface area (Å²) >= 11 is 0. The summed E-state index contributed by atoms with van der Waals surface area (Å²) in [7, 11) is 0. The minimum absolute atomic E-state index is 0.629. The molecule has 0 saturated carbocycles. The van der Waals surface area contributed by atoms with Crippen LogP contribution in [0.5, 0.6) is 0 Å². The predicted octanol–water partition coefficient (Wildman–Crippen LogP) is 3.22. The fourth-order valence-electron chi connectivity index (χ4n) is 2.58. The molecule has 0 aliphatic rings. The van der Waals surface area contributed by atoms with Crippen molar-refractivity contribution >= 4 is 16.7 Å². The number of imidazole rings is 1. The maximum absolute atomic E-state index is 10.0. The van der Waals surface area contributed by atoms with Gasteiger partial charge in [-0.1, -0.05) is 19.1 Å². The van der Waals surface area contributed by atoms with Crippen molar-refractivity contribution in [3.8, 4) is 5.69 Å². The molecule has 1 aromatic heterocycles. The van der Waals surface area contributed by atoms with E-state index in [1.54, 1.807) is 6.92 Å². The highest BCUT2D eigenvalue weighted by Crippen LogP contribution is 2.27. The Labute approximate surface area is 123 Å². The fraction of sp³-hybridized carbons (Fsp3) is 0.235. The Kier molecular flexibility index (Phi) is 3.39. The maximum Gasteiger partial charge on any atom is 0.143 e. The Bertz CT molecular complexity index is 790. The van der Waals surface area contributed by atoms with Crippen LogP contribution in [0.4, 0.5) is 5.69 Å². The van der Waals surface area contributed by atoms with Crippen LogP contribution in [-0.4, -0.2) is 14.7 Å². The van der Waals surface area contributed by atoms with Gasteiger partial charge in [-0.25, -0.2) is 4.98 Å². The largest absolute Gasteiger partial charge is 0.399 e. The summed E-state index contributed by atoms with van der Waals surface area (Å²) in [5.74, 6) is 0.629. The van der Waals surface area contributed by atoms with Crippen LogP contribution in [0.3, 0.4) is 0 Å². The molecule has 1 atom stereocenters. The monoisotopic (exact) mass is 281 g/mol. The zero-order valence-corrected chi connectivity index (χ0v) is 12.2. The fourth-order valence-corrected chi connectivity index (χ4v) is 2.58. The number of aliphatic hydroxyl groups excluding tert-OH is 1. The molecule has 3 aromatic rings. The number of hydrogen-bond donors (Lipinski definition) is 2. The predicted molar refractivity (Wildman–Crippen MR) is 85.5 cm³/mol. The van der Waals surface area contributed by atoms with Crippen LogP contribution in [0.2, 0.25) is 0 Å². The molecule has 0 radical (unpaired) electrons. The molecule has 0 fully saturated rings. The van der Waals surface area contributed by atoms with E-state index in [1.165, 1.54) is 5.56 Å². The van der Waals surface area contributed by atoms with E-state index < -0.39 is 6.10 Å². The standard InChI is InChI=1S/C17H19N3O/c1-3-12-5-4-6-14(9-12)20-16-8-7-13(18)10-15(16)19-17(20)11(2)21/h4-11,21H,3,18H2,1-2H3. The van der Waals surface area contributed by atoms with Gasteiger partial charge < -0.3 is 10.8 Å². The SMILES string of the molecule is CCc1cccc(-n2c(C(C)O)nc3cc(N)ccc32)c1. The van der Waals surface area contributed by atoms with Crippen LogP contribution in [0.25, 0.3) is 16.7 Å². The zero-order valence-electron chi connectivity index (χ0n) is 12.2. The highest BCUT2D eigenvalue weighted by atomic mass is 16.3. The first kappa shape index (κ1) is 13.6. The summed E-state index contributed by atoms with van der Waals surface area (Å²) in [6.07, 6.45) is 0.321. The number of fused-ring (bicyclic) bond motifs is 1. The average Bonchev–Trinajstić information content (AvgIpc) is 2.86. The Morgan fingerprint density at radius 1 is 1.24 bits per heavy atom. The molecule has 3 N–H and O–H groups in total. The van der Waals surface area contributed by atoms with E-state index in [1.807, 2.05) is 34.9 Å². The van der Waals surface area contributed by atoms with Gasteiger partial charge in [-0.05, 0) is 49.2 Å². The third-order valence-electron chi connectivity index (χ3n) is 3.66. The van der Waals surface area contributed by atoms with Crippen LogP contribution in [0, 0.1) is 0 Å². The van der Waals surface area contributed by atoms with Gasteiger partial charge in [-0.3, -0.25) is 4.57 Å². The van der Waals surface area contributed by atoms with Gasteiger partial charge in [0.15, 0.2) is 0 Å². The number of nitrogens with two attached hydrogens (primary N) is 1. The quantitative estimate of drug-likeness (QED) is 0.724. The van der Waals surface area contributed by atoms with E-state index in [-0.39, 0.29) is 0 Å². The lowest BCUT2D eigenvalue weighted by molar-refractivity contribution is 0.187. The molecule has 0 saturated heterocycles. The number of aryl methyl sites for hydroxylation is 1. The molecule has 2 aromatic carbocycles. The third-order valence-corrected chi connectivity index (χ3v) is 3.66. The maximum atomic E-state index is 10.0. The molecule has 4 heteroatoms. The molecular weight excluding hydrogens is 262 g/mol. The van der Waals surface area contributed by atoms with Crippen molar-refractivity contribution in [3.63, 3.8) is 0 Å². The minimum atomic E-state index is -0.649. The molecule has 0 spiro atoms. The van der Waals surface area contributed by atoms with Crippen molar-refractivity contribution in [1.29, 1.82) is 0 Å².